The maximum atomic E-state index is 11.5. The van der Waals surface area contributed by atoms with Crippen molar-refractivity contribution in [2.24, 2.45) is 0 Å². The van der Waals surface area contributed by atoms with Crippen LogP contribution in [0, 0.1) is 0 Å². The molecular formula is C11H11NO3. The van der Waals surface area contributed by atoms with E-state index in [-0.39, 0.29) is 18.4 Å². The van der Waals surface area contributed by atoms with Crippen LogP contribution in [0.4, 0.5) is 4.79 Å². The van der Waals surface area contributed by atoms with E-state index in [0.717, 1.165) is 0 Å². The Hall–Kier alpha value is -1.84. The van der Waals surface area contributed by atoms with E-state index in [4.69, 9.17) is 4.74 Å². The predicted octanol–water partition coefficient (Wildman–Crippen LogP) is 1.46. The summed E-state index contributed by atoms with van der Waals surface area (Å²) in [5, 5.41) is 0. The van der Waals surface area contributed by atoms with E-state index in [0.29, 0.717) is 5.75 Å². The highest BCUT2D eigenvalue weighted by Gasteiger charge is 2.38. The minimum Gasteiger partial charge on any atom is -0.410 e. The van der Waals surface area contributed by atoms with Gasteiger partial charge in [0.25, 0.3) is 0 Å². The lowest BCUT2D eigenvalue weighted by atomic mass is 10.1. The van der Waals surface area contributed by atoms with E-state index < -0.39 is 6.09 Å². The van der Waals surface area contributed by atoms with E-state index in [1.54, 1.807) is 31.2 Å². The van der Waals surface area contributed by atoms with Crippen LogP contribution in [0.15, 0.2) is 30.3 Å². The van der Waals surface area contributed by atoms with Gasteiger partial charge in [0.15, 0.2) is 5.78 Å². The number of benzene rings is 1. The average molecular weight is 205 g/mol. The monoisotopic (exact) mass is 205 g/mol. The molecule has 1 atom stereocenters. The molecule has 2 rings (SSSR count). The average Bonchev–Trinajstić information content (AvgIpc) is 2.26. The molecule has 1 aromatic carbocycles. The smallest absolute Gasteiger partial charge is 0.410 e. The molecule has 1 aromatic rings. The number of amides is 1. The van der Waals surface area contributed by atoms with Gasteiger partial charge in [-0.25, -0.2) is 4.79 Å². The van der Waals surface area contributed by atoms with Crippen molar-refractivity contribution < 1.29 is 14.3 Å². The van der Waals surface area contributed by atoms with Crippen LogP contribution in [0.25, 0.3) is 0 Å². The Morgan fingerprint density at radius 1 is 1.40 bits per heavy atom. The van der Waals surface area contributed by atoms with Gasteiger partial charge in [-0.05, 0) is 19.1 Å². The molecule has 1 heterocycles. The highest BCUT2D eigenvalue weighted by atomic mass is 16.6. The van der Waals surface area contributed by atoms with Crippen molar-refractivity contribution in [1.82, 2.24) is 4.90 Å². The summed E-state index contributed by atoms with van der Waals surface area (Å²) < 4.78 is 5.07. The number of rotatable bonds is 1. The molecule has 4 nitrogen and oxygen atoms in total. The minimum atomic E-state index is -0.465. The second-order valence-corrected chi connectivity index (χ2v) is 3.45. The maximum Gasteiger partial charge on any atom is 0.416 e. The highest BCUT2D eigenvalue weighted by Crippen LogP contribution is 2.16. The van der Waals surface area contributed by atoms with Gasteiger partial charge >= 0.3 is 6.09 Å². The van der Waals surface area contributed by atoms with Crippen LogP contribution in [-0.4, -0.2) is 29.4 Å². The van der Waals surface area contributed by atoms with Gasteiger partial charge in [-0.2, -0.15) is 0 Å². The number of carbonyl (C=O) groups excluding carboxylic acids is 2. The van der Waals surface area contributed by atoms with Crippen molar-refractivity contribution in [1.29, 1.82) is 0 Å². The Kier molecular flexibility index (Phi) is 2.41. The Bertz CT molecular complexity index is 388. The van der Waals surface area contributed by atoms with E-state index in [1.165, 1.54) is 4.90 Å². The molecule has 1 aliphatic rings. The van der Waals surface area contributed by atoms with Crippen LogP contribution in [-0.2, 0) is 4.79 Å². The Labute approximate surface area is 87.4 Å². The molecule has 15 heavy (non-hydrogen) atoms. The van der Waals surface area contributed by atoms with Gasteiger partial charge < -0.3 is 4.74 Å². The number of ketones is 1. The lowest BCUT2D eigenvalue weighted by Crippen LogP contribution is -2.58. The number of likely N-dealkylation sites (tertiary alicyclic amines) is 1. The molecule has 1 unspecified atom stereocenters. The van der Waals surface area contributed by atoms with Gasteiger partial charge in [-0.1, -0.05) is 18.2 Å². The second kappa shape index (κ2) is 3.73. The number of carbonyl (C=O) groups is 2. The highest BCUT2D eigenvalue weighted by molar-refractivity contribution is 5.97. The van der Waals surface area contributed by atoms with Crippen LogP contribution < -0.4 is 4.74 Å². The number of hydrogen-bond donors (Lipinski definition) is 0. The first-order valence-corrected chi connectivity index (χ1v) is 4.74. The summed E-state index contributed by atoms with van der Waals surface area (Å²) in [6.45, 7) is 1.85. The summed E-state index contributed by atoms with van der Waals surface area (Å²) in [5.74, 6) is 0.564. The van der Waals surface area contributed by atoms with Crippen molar-refractivity contribution in [3.8, 4) is 5.75 Å². The van der Waals surface area contributed by atoms with Crippen LogP contribution in [0.3, 0.4) is 0 Å². The lowest BCUT2D eigenvalue weighted by molar-refractivity contribution is -0.132. The summed E-state index contributed by atoms with van der Waals surface area (Å²) in [6.07, 6.45) is -0.465. The van der Waals surface area contributed by atoms with Gasteiger partial charge in [0, 0.05) is 0 Å². The number of para-hydroxylation sites is 1. The molecule has 1 saturated heterocycles. The second-order valence-electron chi connectivity index (χ2n) is 3.45. The fourth-order valence-electron chi connectivity index (χ4n) is 1.37. The molecule has 0 aliphatic carbocycles. The standard InChI is InChI=1S/C11H11NO3/c1-8-10(13)7-12(8)11(14)15-9-5-3-2-4-6-9/h2-6,8H,7H2,1H3. The van der Waals surface area contributed by atoms with E-state index in [9.17, 15) is 9.59 Å². The minimum absolute atomic E-state index is 0.0695. The SMILES string of the molecule is CC1C(=O)CN1C(=O)Oc1ccccc1. The molecular weight excluding hydrogens is 194 g/mol. The van der Waals surface area contributed by atoms with Crippen LogP contribution in [0.2, 0.25) is 0 Å². The van der Waals surface area contributed by atoms with Crippen molar-refractivity contribution in [2.45, 2.75) is 13.0 Å². The van der Waals surface area contributed by atoms with Gasteiger partial charge in [0.1, 0.15) is 5.75 Å². The molecule has 0 spiro atoms. The van der Waals surface area contributed by atoms with Crippen LogP contribution in [0.1, 0.15) is 6.92 Å². The van der Waals surface area contributed by atoms with Crippen molar-refractivity contribution in [2.75, 3.05) is 6.54 Å². The summed E-state index contributed by atoms with van der Waals surface area (Å²) >= 11 is 0. The summed E-state index contributed by atoms with van der Waals surface area (Å²) in [7, 11) is 0. The van der Waals surface area contributed by atoms with Crippen LogP contribution in [0.5, 0.6) is 5.75 Å². The number of Topliss-reactive ketones (excluding diaryl/α,β-unsaturated/α-hetero) is 1. The first-order valence-electron chi connectivity index (χ1n) is 4.74. The molecule has 0 saturated carbocycles. The Balaban J connectivity index is 1.97. The maximum absolute atomic E-state index is 11.5. The summed E-state index contributed by atoms with van der Waals surface area (Å²) in [6, 6.07) is 8.46. The molecule has 0 N–H and O–H groups in total. The third kappa shape index (κ3) is 1.83. The number of hydrogen-bond acceptors (Lipinski definition) is 3. The van der Waals surface area contributed by atoms with Gasteiger partial charge in [0.05, 0.1) is 12.6 Å². The molecule has 1 fully saturated rings. The topological polar surface area (TPSA) is 46.6 Å². The Morgan fingerprint density at radius 3 is 2.60 bits per heavy atom. The van der Waals surface area contributed by atoms with Crippen molar-refractivity contribution in [3.63, 3.8) is 0 Å². The third-order valence-corrected chi connectivity index (χ3v) is 2.44. The molecule has 1 amide bonds. The number of nitrogens with zero attached hydrogens (tertiary/aromatic N) is 1. The molecule has 0 aromatic heterocycles. The molecule has 4 heteroatoms. The van der Waals surface area contributed by atoms with Crippen LogP contribution >= 0.6 is 0 Å². The van der Waals surface area contributed by atoms with E-state index in [2.05, 4.69) is 0 Å². The largest absolute Gasteiger partial charge is 0.416 e. The molecule has 78 valence electrons. The predicted molar refractivity (Wildman–Crippen MR) is 53.6 cm³/mol. The van der Waals surface area contributed by atoms with Crippen molar-refractivity contribution in [3.05, 3.63) is 30.3 Å². The summed E-state index contributed by atoms with van der Waals surface area (Å²) in [4.78, 5) is 23.8. The fraction of sp³-hybridized carbons (Fsp3) is 0.273. The quantitative estimate of drug-likeness (QED) is 0.697. The van der Waals surface area contributed by atoms with E-state index >= 15 is 0 Å². The zero-order valence-electron chi connectivity index (χ0n) is 8.34. The third-order valence-electron chi connectivity index (χ3n) is 2.44. The molecule has 0 bridgehead atoms. The first kappa shape index (κ1) is 9.71. The summed E-state index contributed by atoms with van der Waals surface area (Å²) in [5.41, 5.74) is 0. The lowest BCUT2D eigenvalue weighted by Gasteiger charge is -2.35. The zero-order valence-corrected chi connectivity index (χ0v) is 8.34. The molecule has 0 radical (unpaired) electrons. The Morgan fingerprint density at radius 2 is 2.07 bits per heavy atom. The normalized spacial score (nSPS) is 19.7. The molecule has 1 aliphatic heterocycles. The number of ether oxygens (including phenoxy) is 1. The van der Waals surface area contributed by atoms with Gasteiger partial charge in [-0.3, -0.25) is 9.69 Å². The zero-order chi connectivity index (χ0) is 10.8. The van der Waals surface area contributed by atoms with Crippen molar-refractivity contribution >= 4 is 11.9 Å². The van der Waals surface area contributed by atoms with E-state index in [1.807, 2.05) is 6.07 Å². The first-order chi connectivity index (χ1) is 7.18. The van der Waals surface area contributed by atoms with Gasteiger partial charge in [0.2, 0.25) is 0 Å². The van der Waals surface area contributed by atoms with Gasteiger partial charge in [-0.15, -0.1) is 0 Å². The fourth-order valence-corrected chi connectivity index (χ4v) is 1.37.